The van der Waals surface area contributed by atoms with Gasteiger partial charge in [0.05, 0.1) is 0 Å². The Morgan fingerprint density at radius 3 is 2.82 bits per heavy atom. The summed E-state index contributed by atoms with van der Waals surface area (Å²) in [4.78, 5) is 14.0. The lowest BCUT2D eigenvalue weighted by atomic mass is 10.0. The molecule has 0 bridgehead atoms. The number of fused-ring (bicyclic) bond motifs is 1. The largest absolute Gasteiger partial charge is 0.327 e. The molecule has 0 saturated heterocycles. The van der Waals surface area contributed by atoms with Gasteiger partial charge in [0.2, 0.25) is 5.91 Å². The molecule has 0 fully saturated rings. The molecule has 1 atom stereocenters. The second kappa shape index (κ2) is 4.88. The summed E-state index contributed by atoms with van der Waals surface area (Å²) in [5.74, 6) is 0.493. The average Bonchev–Trinajstić information content (AvgIpc) is 2.72. The number of para-hydroxylation sites is 1. The van der Waals surface area contributed by atoms with Crippen LogP contribution in [0.25, 0.3) is 0 Å². The molecule has 0 saturated carbocycles. The van der Waals surface area contributed by atoms with Gasteiger partial charge < -0.3 is 10.6 Å². The highest BCUT2D eigenvalue weighted by Gasteiger charge is 2.25. The van der Waals surface area contributed by atoms with E-state index in [2.05, 4.69) is 19.9 Å². The molecule has 1 aromatic carbocycles. The van der Waals surface area contributed by atoms with Crippen LogP contribution in [0.3, 0.4) is 0 Å². The Labute approximate surface area is 103 Å². The van der Waals surface area contributed by atoms with E-state index >= 15 is 0 Å². The van der Waals surface area contributed by atoms with Crippen LogP contribution in [0.4, 0.5) is 5.69 Å². The van der Waals surface area contributed by atoms with Crippen molar-refractivity contribution in [2.24, 2.45) is 11.7 Å². The van der Waals surface area contributed by atoms with Crippen molar-refractivity contribution >= 4 is 11.6 Å². The minimum absolute atomic E-state index is 0.0461. The van der Waals surface area contributed by atoms with Crippen LogP contribution in [0, 0.1) is 5.92 Å². The van der Waals surface area contributed by atoms with Gasteiger partial charge in [0.25, 0.3) is 0 Å². The molecule has 3 nitrogen and oxygen atoms in total. The fourth-order valence-corrected chi connectivity index (χ4v) is 2.14. The van der Waals surface area contributed by atoms with Crippen LogP contribution in [-0.2, 0) is 11.2 Å². The van der Waals surface area contributed by atoms with Gasteiger partial charge in [0, 0.05) is 24.7 Å². The van der Waals surface area contributed by atoms with Gasteiger partial charge in [0.1, 0.15) is 0 Å². The number of hydrogen-bond donors (Lipinski definition) is 1. The van der Waals surface area contributed by atoms with Crippen molar-refractivity contribution in [3.63, 3.8) is 0 Å². The number of hydrogen-bond acceptors (Lipinski definition) is 2. The average molecular weight is 232 g/mol. The van der Waals surface area contributed by atoms with Crippen LogP contribution in [0.1, 0.15) is 25.8 Å². The Morgan fingerprint density at radius 1 is 1.41 bits per heavy atom. The van der Waals surface area contributed by atoms with E-state index in [0.717, 1.165) is 18.7 Å². The third-order valence-electron chi connectivity index (χ3n) is 3.45. The summed E-state index contributed by atoms with van der Waals surface area (Å²) < 4.78 is 0. The van der Waals surface area contributed by atoms with Crippen molar-refractivity contribution in [1.82, 2.24) is 0 Å². The molecule has 3 heteroatoms. The van der Waals surface area contributed by atoms with Crippen LogP contribution >= 0.6 is 0 Å². The first-order chi connectivity index (χ1) is 8.09. The highest BCUT2D eigenvalue weighted by atomic mass is 16.2. The van der Waals surface area contributed by atoms with Gasteiger partial charge in [-0.25, -0.2) is 0 Å². The summed E-state index contributed by atoms with van der Waals surface area (Å²) in [7, 11) is 0. The summed E-state index contributed by atoms with van der Waals surface area (Å²) in [6.07, 6.45) is 1.39. The van der Waals surface area contributed by atoms with E-state index in [1.807, 2.05) is 23.1 Å². The third-order valence-corrected chi connectivity index (χ3v) is 3.45. The number of rotatable bonds is 3. The molecule has 92 valence electrons. The Kier molecular flexibility index (Phi) is 3.48. The SMILES string of the molecule is CC(C)C(N)CC(=O)N1CCc2ccccc21. The lowest BCUT2D eigenvalue weighted by Gasteiger charge is -2.21. The topological polar surface area (TPSA) is 46.3 Å². The molecule has 0 aromatic heterocycles. The van der Waals surface area contributed by atoms with Gasteiger partial charge in [-0.05, 0) is 24.0 Å². The molecule has 0 radical (unpaired) electrons. The van der Waals surface area contributed by atoms with Gasteiger partial charge in [0.15, 0.2) is 0 Å². The second-order valence-electron chi connectivity index (χ2n) is 5.04. The van der Waals surface area contributed by atoms with Crippen molar-refractivity contribution in [3.05, 3.63) is 29.8 Å². The van der Waals surface area contributed by atoms with E-state index in [1.165, 1.54) is 5.56 Å². The van der Waals surface area contributed by atoms with Crippen molar-refractivity contribution in [2.45, 2.75) is 32.7 Å². The third kappa shape index (κ3) is 2.50. The Balaban J connectivity index is 2.08. The Hall–Kier alpha value is -1.35. The number of anilines is 1. The number of benzene rings is 1. The van der Waals surface area contributed by atoms with Gasteiger partial charge in [-0.15, -0.1) is 0 Å². The first-order valence-electron chi connectivity index (χ1n) is 6.23. The fourth-order valence-electron chi connectivity index (χ4n) is 2.14. The summed E-state index contributed by atoms with van der Waals surface area (Å²) in [6, 6.07) is 8.06. The molecule has 1 aliphatic rings. The first-order valence-corrected chi connectivity index (χ1v) is 6.23. The number of nitrogens with two attached hydrogens (primary N) is 1. The van der Waals surface area contributed by atoms with Crippen LogP contribution in [0.2, 0.25) is 0 Å². The standard InChI is InChI=1S/C14H20N2O/c1-10(2)12(15)9-14(17)16-8-7-11-5-3-4-6-13(11)16/h3-6,10,12H,7-9,15H2,1-2H3. The van der Waals surface area contributed by atoms with E-state index in [0.29, 0.717) is 12.3 Å². The van der Waals surface area contributed by atoms with Crippen LogP contribution in [0.15, 0.2) is 24.3 Å². The normalized spacial score (nSPS) is 16.1. The highest BCUT2D eigenvalue weighted by molar-refractivity contribution is 5.95. The number of nitrogens with zero attached hydrogens (tertiary/aromatic N) is 1. The zero-order chi connectivity index (χ0) is 12.4. The van der Waals surface area contributed by atoms with E-state index < -0.39 is 0 Å². The lowest BCUT2D eigenvalue weighted by Crippen LogP contribution is -2.37. The zero-order valence-electron chi connectivity index (χ0n) is 10.5. The minimum Gasteiger partial charge on any atom is -0.327 e. The van der Waals surface area contributed by atoms with E-state index in [9.17, 15) is 4.79 Å². The van der Waals surface area contributed by atoms with Crippen LogP contribution in [-0.4, -0.2) is 18.5 Å². The molecule has 1 heterocycles. The molecule has 2 rings (SSSR count). The lowest BCUT2D eigenvalue weighted by molar-refractivity contribution is -0.119. The van der Waals surface area contributed by atoms with Crippen molar-refractivity contribution in [1.29, 1.82) is 0 Å². The molecular formula is C14H20N2O. The summed E-state index contributed by atoms with van der Waals surface area (Å²) >= 11 is 0. The summed E-state index contributed by atoms with van der Waals surface area (Å²) in [5, 5.41) is 0. The van der Waals surface area contributed by atoms with Crippen molar-refractivity contribution in [3.8, 4) is 0 Å². The van der Waals surface area contributed by atoms with E-state index in [1.54, 1.807) is 0 Å². The molecule has 1 aliphatic heterocycles. The van der Waals surface area contributed by atoms with Crippen molar-refractivity contribution < 1.29 is 4.79 Å². The van der Waals surface area contributed by atoms with Crippen molar-refractivity contribution in [2.75, 3.05) is 11.4 Å². The van der Waals surface area contributed by atoms with E-state index in [4.69, 9.17) is 5.73 Å². The molecule has 0 spiro atoms. The van der Waals surface area contributed by atoms with Gasteiger partial charge in [-0.3, -0.25) is 4.79 Å². The maximum Gasteiger partial charge on any atom is 0.228 e. The molecule has 17 heavy (non-hydrogen) atoms. The molecule has 1 aromatic rings. The maximum absolute atomic E-state index is 12.2. The van der Waals surface area contributed by atoms with Gasteiger partial charge in [-0.2, -0.15) is 0 Å². The Bertz CT molecular complexity index is 414. The smallest absolute Gasteiger partial charge is 0.228 e. The van der Waals surface area contributed by atoms with Gasteiger partial charge in [-0.1, -0.05) is 32.0 Å². The molecule has 1 unspecified atom stereocenters. The maximum atomic E-state index is 12.2. The highest BCUT2D eigenvalue weighted by Crippen LogP contribution is 2.28. The van der Waals surface area contributed by atoms with Crippen LogP contribution in [0.5, 0.6) is 0 Å². The van der Waals surface area contributed by atoms with E-state index in [-0.39, 0.29) is 11.9 Å². The fraction of sp³-hybridized carbons (Fsp3) is 0.500. The predicted molar refractivity (Wildman–Crippen MR) is 69.9 cm³/mol. The first kappa shape index (κ1) is 12.1. The quantitative estimate of drug-likeness (QED) is 0.865. The minimum atomic E-state index is -0.0461. The molecule has 1 amide bonds. The number of carbonyl (C=O) groups is 1. The summed E-state index contributed by atoms with van der Waals surface area (Å²) in [6.45, 7) is 4.90. The number of amides is 1. The zero-order valence-corrected chi connectivity index (χ0v) is 10.5. The molecule has 2 N–H and O–H groups in total. The Morgan fingerprint density at radius 2 is 2.12 bits per heavy atom. The summed E-state index contributed by atoms with van der Waals surface area (Å²) in [5.41, 5.74) is 8.28. The van der Waals surface area contributed by atoms with Gasteiger partial charge >= 0.3 is 0 Å². The monoisotopic (exact) mass is 232 g/mol. The number of carbonyl (C=O) groups excluding carboxylic acids is 1. The second-order valence-corrected chi connectivity index (χ2v) is 5.04. The van der Waals surface area contributed by atoms with Crippen LogP contribution < -0.4 is 10.6 Å². The molecular weight excluding hydrogens is 212 g/mol. The predicted octanol–water partition coefficient (Wildman–Crippen LogP) is 1.95. The molecule has 0 aliphatic carbocycles.